The Morgan fingerprint density at radius 1 is 0.380 bits per heavy atom. The van der Waals surface area contributed by atoms with Crippen LogP contribution in [0, 0.1) is 0 Å². The summed E-state index contributed by atoms with van der Waals surface area (Å²) in [5.41, 5.74) is 13.2. The van der Waals surface area contributed by atoms with Crippen molar-refractivity contribution >= 4 is 55.1 Å². The Labute approximate surface area is 293 Å². The molecule has 8 aromatic rings. The van der Waals surface area contributed by atoms with Crippen LogP contribution in [0.15, 0.2) is 158 Å². The van der Waals surface area contributed by atoms with Crippen LogP contribution in [0.5, 0.6) is 0 Å². The summed E-state index contributed by atoms with van der Waals surface area (Å²) in [6.45, 7) is 2.04. The number of aryl methyl sites for hydroxylation is 2. The Bertz CT molecular complexity index is 2440. The molecule has 0 spiro atoms. The number of hydrogen-bond donors (Lipinski definition) is 0. The predicted molar refractivity (Wildman–Crippen MR) is 213 cm³/mol. The van der Waals surface area contributed by atoms with Crippen LogP contribution in [0.3, 0.4) is 0 Å². The van der Waals surface area contributed by atoms with E-state index in [4.69, 9.17) is 0 Å². The smallest absolute Gasteiger partial charge is 0.0443 e. The number of fused-ring (bicyclic) bond motifs is 5. The van der Waals surface area contributed by atoms with Crippen LogP contribution in [0.25, 0.3) is 54.6 Å². The molecule has 0 aromatic heterocycles. The highest BCUT2D eigenvalue weighted by Gasteiger charge is 2.24. The van der Waals surface area contributed by atoms with Crippen LogP contribution >= 0.6 is 0 Å². The molecule has 0 unspecified atom stereocenters. The summed E-state index contributed by atoms with van der Waals surface area (Å²) >= 11 is 0. The van der Waals surface area contributed by atoms with E-state index in [0.717, 1.165) is 38.8 Å². The van der Waals surface area contributed by atoms with Gasteiger partial charge in [-0.2, -0.15) is 0 Å². The van der Waals surface area contributed by atoms with Crippen molar-refractivity contribution in [2.75, 3.05) is 22.9 Å². The SMILES string of the molecule is c1ccc(-c2c3cc(N4CCCc5ccccc54)ccc3c(-c3cccc4ccccc34)c3ccc(N4CCCc5ccccc54)cc23)cc1. The van der Waals surface area contributed by atoms with Crippen molar-refractivity contribution in [2.45, 2.75) is 25.7 Å². The number of nitrogens with zero attached hydrogens (tertiary/aromatic N) is 2. The highest BCUT2D eigenvalue weighted by molar-refractivity contribution is 6.24. The zero-order chi connectivity index (χ0) is 33.0. The number of benzene rings is 8. The van der Waals surface area contributed by atoms with E-state index in [9.17, 15) is 0 Å². The van der Waals surface area contributed by atoms with Crippen LogP contribution in [-0.2, 0) is 12.8 Å². The lowest BCUT2D eigenvalue weighted by Crippen LogP contribution is -2.24. The van der Waals surface area contributed by atoms with Gasteiger partial charge in [0.05, 0.1) is 0 Å². The second-order valence-corrected chi connectivity index (χ2v) is 13.9. The summed E-state index contributed by atoms with van der Waals surface area (Å²) in [6.07, 6.45) is 4.57. The molecule has 240 valence electrons. The van der Waals surface area contributed by atoms with E-state index in [1.165, 1.54) is 88.4 Å². The summed E-state index contributed by atoms with van der Waals surface area (Å²) in [5.74, 6) is 0. The highest BCUT2D eigenvalue weighted by atomic mass is 15.1. The minimum absolute atomic E-state index is 1.02. The van der Waals surface area contributed by atoms with Gasteiger partial charge < -0.3 is 9.80 Å². The molecule has 2 aliphatic heterocycles. The van der Waals surface area contributed by atoms with E-state index < -0.39 is 0 Å². The third kappa shape index (κ3) is 4.70. The quantitative estimate of drug-likeness (QED) is 0.176. The average molecular weight is 643 g/mol. The summed E-state index contributed by atoms with van der Waals surface area (Å²) in [5, 5.41) is 7.72. The first kappa shape index (κ1) is 29.1. The van der Waals surface area contributed by atoms with Gasteiger partial charge in [0, 0.05) is 35.8 Å². The second kappa shape index (κ2) is 11.9. The molecule has 0 saturated carbocycles. The van der Waals surface area contributed by atoms with Crippen molar-refractivity contribution in [2.24, 2.45) is 0 Å². The molecule has 0 atom stereocenters. The van der Waals surface area contributed by atoms with Crippen molar-refractivity contribution in [1.29, 1.82) is 0 Å². The molecule has 0 N–H and O–H groups in total. The molecule has 0 bridgehead atoms. The minimum atomic E-state index is 1.02. The van der Waals surface area contributed by atoms with Crippen LogP contribution in [0.4, 0.5) is 22.7 Å². The Morgan fingerprint density at radius 3 is 1.56 bits per heavy atom. The molecular weight excluding hydrogens is 605 g/mol. The van der Waals surface area contributed by atoms with Gasteiger partial charge in [0.1, 0.15) is 0 Å². The maximum Gasteiger partial charge on any atom is 0.0443 e. The first-order valence-electron chi connectivity index (χ1n) is 18.1. The fraction of sp³-hybridized carbons (Fsp3) is 0.125. The van der Waals surface area contributed by atoms with Crippen molar-refractivity contribution in [3.63, 3.8) is 0 Å². The molecular formula is C48H38N2. The number of hydrogen-bond acceptors (Lipinski definition) is 2. The lowest BCUT2D eigenvalue weighted by Gasteiger charge is -2.32. The largest absolute Gasteiger partial charge is 0.341 e. The van der Waals surface area contributed by atoms with Gasteiger partial charge in [-0.15, -0.1) is 0 Å². The fourth-order valence-electron chi connectivity index (χ4n) is 8.79. The van der Waals surface area contributed by atoms with Crippen LogP contribution < -0.4 is 9.80 Å². The average Bonchev–Trinajstić information content (AvgIpc) is 3.19. The van der Waals surface area contributed by atoms with Gasteiger partial charge in [-0.1, -0.05) is 121 Å². The Morgan fingerprint density at radius 2 is 0.920 bits per heavy atom. The summed E-state index contributed by atoms with van der Waals surface area (Å²) in [4.78, 5) is 5.08. The Hall–Kier alpha value is -5.86. The van der Waals surface area contributed by atoms with Crippen molar-refractivity contribution in [3.05, 3.63) is 169 Å². The van der Waals surface area contributed by atoms with Crippen LogP contribution in [-0.4, -0.2) is 13.1 Å². The second-order valence-electron chi connectivity index (χ2n) is 13.9. The van der Waals surface area contributed by atoms with E-state index in [-0.39, 0.29) is 0 Å². The molecule has 0 amide bonds. The van der Waals surface area contributed by atoms with Crippen molar-refractivity contribution < 1.29 is 0 Å². The molecule has 8 aromatic carbocycles. The van der Waals surface area contributed by atoms with Crippen LogP contribution in [0.2, 0.25) is 0 Å². The third-order valence-corrected chi connectivity index (χ3v) is 11.0. The Kier molecular flexibility index (Phi) is 6.94. The number of para-hydroxylation sites is 2. The van der Waals surface area contributed by atoms with Gasteiger partial charge in [-0.3, -0.25) is 0 Å². The molecule has 0 fully saturated rings. The topological polar surface area (TPSA) is 6.48 Å². The number of rotatable bonds is 4. The molecule has 0 radical (unpaired) electrons. The van der Waals surface area contributed by atoms with Gasteiger partial charge in [0.2, 0.25) is 0 Å². The molecule has 0 aliphatic carbocycles. The van der Waals surface area contributed by atoms with Gasteiger partial charge in [0.15, 0.2) is 0 Å². The molecule has 50 heavy (non-hydrogen) atoms. The normalized spacial score (nSPS) is 14.2. The lowest BCUT2D eigenvalue weighted by molar-refractivity contribution is 0.767. The van der Waals surface area contributed by atoms with Gasteiger partial charge in [-0.25, -0.2) is 0 Å². The molecule has 10 rings (SSSR count). The van der Waals surface area contributed by atoms with E-state index >= 15 is 0 Å². The van der Waals surface area contributed by atoms with Gasteiger partial charge >= 0.3 is 0 Å². The fourth-order valence-corrected chi connectivity index (χ4v) is 8.79. The standard InChI is InChI=1S/C48H38N2/c1-2-16-36(17-3-1)47-43-31-37(49-29-11-19-34-14-5-8-23-45(34)49)25-27-41(43)48(40-22-10-18-33-13-4-7-21-39(33)40)42-28-26-38(32-44(42)47)50-30-12-20-35-15-6-9-24-46(35)50/h1-10,13-18,21-28,31-32H,11-12,19-20,29-30H2. The molecule has 2 heteroatoms. The zero-order valence-corrected chi connectivity index (χ0v) is 28.1. The van der Waals surface area contributed by atoms with E-state index in [0.29, 0.717) is 0 Å². The summed E-state index contributed by atoms with van der Waals surface area (Å²) < 4.78 is 0. The van der Waals surface area contributed by atoms with E-state index in [2.05, 4.69) is 168 Å². The third-order valence-electron chi connectivity index (χ3n) is 11.0. The van der Waals surface area contributed by atoms with Crippen LogP contribution in [0.1, 0.15) is 24.0 Å². The molecule has 2 heterocycles. The molecule has 2 aliphatic rings. The van der Waals surface area contributed by atoms with Crippen molar-refractivity contribution in [1.82, 2.24) is 0 Å². The van der Waals surface area contributed by atoms with E-state index in [1.54, 1.807) is 0 Å². The Balaban J connectivity index is 1.31. The first-order chi connectivity index (χ1) is 24.8. The first-order valence-corrected chi connectivity index (χ1v) is 18.1. The zero-order valence-electron chi connectivity index (χ0n) is 28.1. The predicted octanol–water partition coefficient (Wildman–Crippen LogP) is 12.6. The van der Waals surface area contributed by atoms with Crippen molar-refractivity contribution in [3.8, 4) is 22.3 Å². The summed E-state index contributed by atoms with van der Waals surface area (Å²) in [6, 6.07) is 59.1. The monoisotopic (exact) mass is 642 g/mol. The molecule has 0 saturated heterocycles. The van der Waals surface area contributed by atoms with Gasteiger partial charge in [0.25, 0.3) is 0 Å². The maximum absolute atomic E-state index is 2.54. The summed E-state index contributed by atoms with van der Waals surface area (Å²) in [7, 11) is 0. The van der Waals surface area contributed by atoms with E-state index in [1.807, 2.05) is 0 Å². The lowest BCUT2D eigenvalue weighted by atomic mass is 9.84. The highest BCUT2D eigenvalue weighted by Crippen LogP contribution is 2.48. The van der Waals surface area contributed by atoms with Gasteiger partial charge in [-0.05, 0) is 128 Å². The maximum atomic E-state index is 2.54. The molecule has 2 nitrogen and oxygen atoms in total. The number of anilines is 4. The minimum Gasteiger partial charge on any atom is -0.341 e.